The number of hydrogen-bond donors (Lipinski definition) is 0. The molecule has 0 spiro atoms. The molecule has 0 unspecified atom stereocenters. The molecule has 3 aromatic rings. The minimum atomic E-state index is -0.451. The number of ketones is 1. The van der Waals surface area contributed by atoms with Crippen LogP contribution in [-0.4, -0.2) is 23.3 Å². The molecule has 3 rings (SSSR count). The summed E-state index contributed by atoms with van der Waals surface area (Å²) in [6, 6.07) is 14.4. The zero-order chi connectivity index (χ0) is 15.7. The zero-order valence-electron chi connectivity index (χ0n) is 12.4. The van der Waals surface area contributed by atoms with Crippen molar-refractivity contribution >= 4 is 17.3 Å². The highest BCUT2D eigenvalue weighted by molar-refractivity contribution is 6.12. The number of aromatic nitrogens is 1. The van der Waals surface area contributed by atoms with E-state index in [2.05, 4.69) is 0 Å². The number of fused-ring (bicyclic) bond motifs is 1. The van der Waals surface area contributed by atoms with Gasteiger partial charge in [-0.1, -0.05) is 30.3 Å². The summed E-state index contributed by atoms with van der Waals surface area (Å²) in [6.45, 7) is 1.89. The molecule has 0 radical (unpaired) electrons. The second kappa shape index (κ2) is 5.48. The van der Waals surface area contributed by atoms with Crippen LogP contribution in [0.1, 0.15) is 32.0 Å². The second-order valence-corrected chi connectivity index (χ2v) is 5.03. The molecule has 0 saturated heterocycles. The van der Waals surface area contributed by atoms with Gasteiger partial charge < -0.3 is 9.14 Å². The third-order valence-electron chi connectivity index (χ3n) is 3.70. The first kappa shape index (κ1) is 14.1. The van der Waals surface area contributed by atoms with Gasteiger partial charge in [-0.15, -0.1) is 0 Å². The predicted molar refractivity (Wildman–Crippen MR) is 83.3 cm³/mol. The average molecular weight is 293 g/mol. The van der Waals surface area contributed by atoms with Gasteiger partial charge in [-0.2, -0.15) is 0 Å². The van der Waals surface area contributed by atoms with Gasteiger partial charge in [-0.05, 0) is 30.7 Å². The van der Waals surface area contributed by atoms with Crippen LogP contribution in [0.25, 0.3) is 5.52 Å². The Balaban J connectivity index is 2.22. The third-order valence-corrected chi connectivity index (χ3v) is 3.70. The molecule has 0 atom stereocenters. The molecule has 0 aliphatic rings. The third kappa shape index (κ3) is 2.19. The van der Waals surface area contributed by atoms with E-state index in [-0.39, 0.29) is 5.78 Å². The van der Waals surface area contributed by atoms with Crippen LogP contribution in [0.5, 0.6) is 0 Å². The number of pyridine rings is 1. The maximum Gasteiger partial charge on any atom is 0.340 e. The Labute approximate surface area is 128 Å². The van der Waals surface area contributed by atoms with Crippen molar-refractivity contribution < 1.29 is 14.3 Å². The smallest absolute Gasteiger partial charge is 0.340 e. The summed E-state index contributed by atoms with van der Waals surface area (Å²) in [4.78, 5) is 24.8. The van der Waals surface area contributed by atoms with Gasteiger partial charge in [-0.25, -0.2) is 4.79 Å². The number of benzene rings is 1. The first-order valence-electron chi connectivity index (χ1n) is 6.92. The lowest BCUT2D eigenvalue weighted by Crippen LogP contribution is -2.06. The fourth-order valence-corrected chi connectivity index (χ4v) is 2.57. The number of ether oxygens (including phenoxy) is 1. The Morgan fingerprint density at radius 1 is 1.00 bits per heavy atom. The zero-order valence-corrected chi connectivity index (χ0v) is 12.4. The molecule has 22 heavy (non-hydrogen) atoms. The van der Waals surface area contributed by atoms with Gasteiger partial charge in [-0.3, -0.25) is 4.79 Å². The highest BCUT2D eigenvalue weighted by atomic mass is 16.5. The molecule has 2 heterocycles. The van der Waals surface area contributed by atoms with E-state index in [4.69, 9.17) is 4.74 Å². The second-order valence-electron chi connectivity index (χ2n) is 5.03. The number of aryl methyl sites for hydroxylation is 1. The normalized spacial score (nSPS) is 10.6. The van der Waals surface area contributed by atoms with Gasteiger partial charge in [0.05, 0.1) is 23.9 Å². The van der Waals surface area contributed by atoms with E-state index < -0.39 is 5.97 Å². The van der Waals surface area contributed by atoms with E-state index in [1.165, 1.54) is 7.11 Å². The molecule has 0 aliphatic carbocycles. The summed E-state index contributed by atoms with van der Waals surface area (Å²) in [7, 11) is 1.33. The maximum atomic E-state index is 12.8. The van der Waals surface area contributed by atoms with Gasteiger partial charge >= 0.3 is 5.97 Å². The maximum absolute atomic E-state index is 12.8. The van der Waals surface area contributed by atoms with Crippen LogP contribution in [0.15, 0.2) is 54.7 Å². The molecular formula is C18H15NO3. The summed E-state index contributed by atoms with van der Waals surface area (Å²) in [5, 5.41) is 0. The van der Waals surface area contributed by atoms with Gasteiger partial charge in [0.1, 0.15) is 0 Å². The van der Waals surface area contributed by atoms with Crippen LogP contribution < -0.4 is 0 Å². The molecular weight excluding hydrogens is 278 g/mol. The number of carbonyl (C=O) groups excluding carboxylic acids is 2. The van der Waals surface area contributed by atoms with Crippen molar-refractivity contribution in [3.8, 4) is 0 Å². The Bertz CT molecular complexity index is 877. The van der Waals surface area contributed by atoms with Crippen LogP contribution in [0.4, 0.5) is 0 Å². The number of nitrogens with zero attached hydrogens (tertiary/aromatic N) is 1. The van der Waals surface area contributed by atoms with Crippen LogP contribution >= 0.6 is 0 Å². The number of hydrogen-bond acceptors (Lipinski definition) is 3. The van der Waals surface area contributed by atoms with Crippen LogP contribution in [0.3, 0.4) is 0 Å². The first-order valence-corrected chi connectivity index (χ1v) is 6.92. The summed E-state index contributed by atoms with van der Waals surface area (Å²) in [6.07, 6.45) is 1.77. The molecule has 0 fully saturated rings. The minimum absolute atomic E-state index is 0.116. The highest BCUT2D eigenvalue weighted by Crippen LogP contribution is 2.21. The summed E-state index contributed by atoms with van der Waals surface area (Å²) >= 11 is 0. The largest absolute Gasteiger partial charge is 0.465 e. The lowest BCUT2D eigenvalue weighted by molar-refractivity contribution is 0.0603. The van der Waals surface area contributed by atoms with E-state index in [9.17, 15) is 9.59 Å². The van der Waals surface area contributed by atoms with Gasteiger partial charge in [0, 0.05) is 11.8 Å². The van der Waals surface area contributed by atoms with Gasteiger partial charge in [0.15, 0.2) is 0 Å². The quantitative estimate of drug-likeness (QED) is 0.550. The Kier molecular flexibility index (Phi) is 3.51. The molecule has 2 aromatic heterocycles. The molecule has 110 valence electrons. The standard InChI is InChI=1S/C18H15NO3/c1-12-7-3-4-8-13(12)17(20)16-11-14(18(21)22-2)15-9-5-6-10-19(15)16/h3-11H,1-2H3. The molecule has 0 aliphatic heterocycles. The van der Waals surface area contributed by atoms with E-state index in [1.54, 1.807) is 28.8 Å². The van der Waals surface area contributed by atoms with Gasteiger partial charge in [0.25, 0.3) is 0 Å². The van der Waals surface area contributed by atoms with Crippen molar-refractivity contribution in [2.75, 3.05) is 7.11 Å². The fraction of sp³-hybridized carbons (Fsp3) is 0.111. The van der Waals surface area contributed by atoms with E-state index in [0.29, 0.717) is 22.3 Å². The number of carbonyl (C=O) groups is 2. The van der Waals surface area contributed by atoms with E-state index >= 15 is 0 Å². The molecule has 0 bridgehead atoms. The van der Waals surface area contributed by atoms with E-state index in [1.807, 2.05) is 37.3 Å². The first-order chi connectivity index (χ1) is 10.6. The van der Waals surface area contributed by atoms with Crippen LogP contribution in [0, 0.1) is 6.92 Å². The molecule has 1 aromatic carbocycles. The van der Waals surface area contributed by atoms with Crippen molar-refractivity contribution in [3.05, 3.63) is 77.1 Å². The SMILES string of the molecule is COC(=O)c1cc(C(=O)c2ccccc2C)n2ccccc12. The number of methoxy groups -OCH3 is 1. The van der Waals surface area contributed by atoms with Crippen molar-refractivity contribution in [3.63, 3.8) is 0 Å². The summed E-state index contributed by atoms with van der Waals surface area (Å²) in [5.41, 5.74) is 3.02. The highest BCUT2D eigenvalue weighted by Gasteiger charge is 2.21. The van der Waals surface area contributed by atoms with Crippen molar-refractivity contribution in [2.24, 2.45) is 0 Å². The minimum Gasteiger partial charge on any atom is -0.465 e. The van der Waals surface area contributed by atoms with Crippen LogP contribution in [0.2, 0.25) is 0 Å². The van der Waals surface area contributed by atoms with E-state index in [0.717, 1.165) is 5.56 Å². The Morgan fingerprint density at radius 2 is 1.73 bits per heavy atom. The fourth-order valence-electron chi connectivity index (χ4n) is 2.57. The molecule has 4 heteroatoms. The van der Waals surface area contributed by atoms with Crippen molar-refractivity contribution in [1.29, 1.82) is 0 Å². The molecule has 0 saturated carbocycles. The van der Waals surface area contributed by atoms with Crippen molar-refractivity contribution in [1.82, 2.24) is 4.40 Å². The molecule has 4 nitrogen and oxygen atoms in total. The lowest BCUT2D eigenvalue weighted by Gasteiger charge is -2.05. The lowest BCUT2D eigenvalue weighted by atomic mass is 10.0. The van der Waals surface area contributed by atoms with Crippen molar-refractivity contribution in [2.45, 2.75) is 6.92 Å². The predicted octanol–water partition coefficient (Wildman–Crippen LogP) is 3.27. The van der Waals surface area contributed by atoms with Crippen LogP contribution in [-0.2, 0) is 4.74 Å². The Morgan fingerprint density at radius 3 is 2.45 bits per heavy atom. The monoisotopic (exact) mass is 293 g/mol. The summed E-state index contributed by atoms with van der Waals surface area (Å²) < 4.78 is 6.53. The molecule has 0 N–H and O–H groups in total. The topological polar surface area (TPSA) is 47.8 Å². The molecule has 0 amide bonds. The summed E-state index contributed by atoms with van der Waals surface area (Å²) in [5.74, 6) is -0.568. The Hall–Kier alpha value is -2.88. The number of esters is 1. The average Bonchev–Trinajstić information content (AvgIpc) is 2.94. The number of rotatable bonds is 3. The van der Waals surface area contributed by atoms with Gasteiger partial charge in [0.2, 0.25) is 5.78 Å².